The molecule has 1 aliphatic rings. The molecule has 1 fully saturated rings. The highest BCUT2D eigenvalue weighted by molar-refractivity contribution is 5.62. The van der Waals surface area contributed by atoms with Gasteiger partial charge in [-0.25, -0.2) is 9.18 Å². The minimum Gasteiger partial charge on any atom is -0.427 e. The van der Waals surface area contributed by atoms with Crippen LogP contribution < -0.4 is 0 Å². The fourth-order valence-electron chi connectivity index (χ4n) is 1.14. The summed E-state index contributed by atoms with van der Waals surface area (Å²) in [7, 11) is 0. The van der Waals surface area contributed by atoms with Crippen molar-refractivity contribution in [3.05, 3.63) is 11.7 Å². The van der Waals surface area contributed by atoms with Crippen LogP contribution in [0.15, 0.2) is 11.7 Å². The third kappa shape index (κ3) is 3.31. The Morgan fingerprint density at radius 3 is 2.44 bits per heavy atom. The maximum Gasteiger partial charge on any atom is 0.511 e. The van der Waals surface area contributed by atoms with Gasteiger partial charge in [0.2, 0.25) is 5.83 Å². The molecular weight excluding hydrogens is 267 g/mol. The average Bonchev–Trinajstić information content (AvgIpc) is 2.66. The molecule has 4 nitrogen and oxygen atoms in total. The SMILES string of the molecule is CCC1(OCC(F)=C(F)C(F)(F)F)COC(=O)O1. The second-order valence-electron chi connectivity index (χ2n) is 3.41. The largest absolute Gasteiger partial charge is 0.511 e. The molecule has 0 amide bonds. The maximum atomic E-state index is 12.8. The fraction of sp³-hybridized carbons (Fsp3) is 0.667. The molecule has 0 aromatic heterocycles. The second kappa shape index (κ2) is 5.09. The lowest BCUT2D eigenvalue weighted by Crippen LogP contribution is -2.35. The summed E-state index contributed by atoms with van der Waals surface area (Å²) in [6, 6.07) is 0. The quantitative estimate of drug-likeness (QED) is 0.585. The average molecular weight is 276 g/mol. The summed E-state index contributed by atoms with van der Waals surface area (Å²) < 4.78 is 74.2. The van der Waals surface area contributed by atoms with Gasteiger partial charge in [-0.05, 0) is 0 Å². The first kappa shape index (κ1) is 14.7. The zero-order valence-corrected chi connectivity index (χ0v) is 9.14. The smallest absolute Gasteiger partial charge is 0.427 e. The molecule has 0 aromatic carbocycles. The lowest BCUT2D eigenvalue weighted by Gasteiger charge is -2.23. The van der Waals surface area contributed by atoms with Crippen LogP contribution in [0.4, 0.5) is 26.7 Å². The number of cyclic esters (lactones) is 2. The van der Waals surface area contributed by atoms with Crippen LogP contribution >= 0.6 is 0 Å². The first-order valence-electron chi connectivity index (χ1n) is 4.81. The Bertz CT molecular complexity index is 364. The van der Waals surface area contributed by atoms with Gasteiger partial charge >= 0.3 is 12.3 Å². The van der Waals surface area contributed by atoms with Gasteiger partial charge in [0.05, 0.1) is 0 Å². The van der Waals surface area contributed by atoms with E-state index in [2.05, 4.69) is 14.2 Å². The third-order valence-corrected chi connectivity index (χ3v) is 2.17. The minimum absolute atomic E-state index is 0.0135. The number of allylic oxidation sites excluding steroid dienone is 1. The maximum absolute atomic E-state index is 12.8. The lowest BCUT2D eigenvalue weighted by molar-refractivity contribution is -0.179. The highest BCUT2D eigenvalue weighted by Gasteiger charge is 2.44. The van der Waals surface area contributed by atoms with Crippen molar-refractivity contribution in [3.8, 4) is 0 Å². The van der Waals surface area contributed by atoms with Crippen molar-refractivity contribution in [1.82, 2.24) is 0 Å². The number of carbonyl (C=O) groups is 1. The highest BCUT2D eigenvalue weighted by Crippen LogP contribution is 2.31. The van der Waals surface area contributed by atoms with Gasteiger partial charge in [0.25, 0.3) is 5.79 Å². The van der Waals surface area contributed by atoms with Crippen LogP contribution in [-0.4, -0.2) is 31.3 Å². The summed E-state index contributed by atoms with van der Waals surface area (Å²) in [5, 5.41) is 0. The molecule has 1 unspecified atom stereocenters. The first-order valence-corrected chi connectivity index (χ1v) is 4.81. The third-order valence-electron chi connectivity index (χ3n) is 2.17. The van der Waals surface area contributed by atoms with Crippen molar-refractivity contribution < 1.29 is 41.0 Å². The van der Waals surface area contributed by atoms with E-state index < -0.39 is 43.0 Å². The van der Waals surface area contributed by atoms with E-state index in [1.54, 1.807) is 0 Å². The Kier molecular flexibility index (Phi) is 4.15. The number of rotatable bonds is 4. The van der Waals surface area contributed by atoms with Crippen LogP contribution in [0.25, 0.3) is 0 Å². The molecule has 0 aromatic rings. The zero-order chi connectivity index (χ0) is 14.0. The summed E-state index contributed by atoms with van der Waals surface area (Å²) >= 11 is 0. The molecule has 0 saturated carbocycles. The summed E-state index contributed by atoms with van der Waals surface area (Å²) in [6.45, 7) is -0.233. The molecule has 0 radical (unpaired) electrons. The minimum atomic E-state index is -5.42. The summed E-state index contributed by atoms with van der Waals surface area (Å²) in [5.41, 5.74) is 0. The monoisotopic (exact) mass is 276 g/mol. The molecular formula is C9H9F5O4. The molecule has 9 heteroatoms. The zero-order valence-electron chi connectivity index (χ0n) is 9.14. The van der Waals surface area contributed by atoms with Gasteiger partial charge in [0.1, 0.15) is 6.61 Å². The van der Waals surface area contributed by atoms with E-state index in [0.717, 1.165) is 0 Å². The van der Waals surface area contributed by atoms with E-state index in [1.165, 1.54) is 6.92 Å². The Morgan fingerprint density at radius 1 is 1.44 bits per heavy atom. The Labute approximate surface area is 98.3 Å². The molecule has 1 heterocycles. The van der Waals surface area contributed by atoms with Gasteiger partial charge in [0, 0.05) is 6.42 Å². The molecule has 0 N–H and O–H groups in total. The van der Waals surface area contributed by atoms with Gasteiger partial charge in [-0.1, -0.05) is 6.92 Å². The lowest BCUT2D eigenvalue weighted by atomic mass is 10.2. The van der Waals surface area contributed by atoms with Gasteiger partial charge < -0.3 is 14.2 Å². The van der Waals surface area contributed by atoms with Gasteiger partial charge in [-0.2, -0.15) is 17.6 Å². The van der Waals surface area contributed by atoms with Crippen LogP contribution in [0.3, 0.4) is 0 Å². The normalized spacial score (nSPS) is 25.6. The number of hydrogen-bond donors (Lipinski definition) is 0. The molecule has 104 valence electrons. The molecule has 1 rings (SSSR count). The summed E-state index contributed by atoms with van der Waals surface area (Å²) in [5.74, 6) is -6.68. The van der Waals surface area contributed by atoms with E-state index >= 15 is 0 Å². The van der Waals surface area contributed by atoms with E-state index in [0.29, 0.717) is 0 Å². The van der Waals surface area contributed by atoms with Crippen molar-refractivity contribution in [3.63, 3.8) is 0 Å². The van der Waals surface area contributed by atoms with E-state index in [1.807, 2.05) is 0 Å². The predicted octanol–water partition coefficient (Wildman–Crippen LogP) is 2.99. The fourth-order valence-corrected chi connectivity index (χ4v) is 1.14. The van der Waals surface area contributed by atoms with Crippen molar-refractivity contribution in [2.45, 2.75) is 25.3 Å². The van der Waals surface area contributed by atoms with E-state index in [9.17, 15) is 26.7 Å². The Balaban J connectivity index is 2.67. The van der Waals surface area contributed by atoms with Crippen LogP contribution in [0, 0.1) is 0 Å². The van der Waals surface area contributed by atoms with E-state index in [4.69, 9.17) is 0 Å². The molecule has 0 aliphatic carbocycles. The number of halogens is 5. The molecule has 0 bridgehead atoms. The van der Waals surface area contributed by atoms with Crippen molar-refractivity contribution >= 4 is 6.16 Å². The highest BCUT2D eigenvalue weighted by atomic mass is 19.4. The molecule has 18 heavy (non-hydrogen) atoms. The standard InChI is InChI=1S/C9H9F5O4/c1-2-8(4-16-7(15)18-8)17-3-5(10)6(11)9(12,13)14/h2-4H2,1H3. The van der Waals surface area contributed by atoms with Crippen LogP contribution in [0.5, 0.6) is 0 Å². The number of alkyl halides is 3. The number of ether oxygens (including phenoxy) is 3. The van der Waals surface area contributed by atoms with Crippen molar-refractivity contribution in [1.29, 1.82) is 0 Å². The van der Waals surface area contributed by atoms with Gasteiger partial charge in [-0.3, -0.25) is 0 Å². The topological polar surface area (TPSA) is 44.8 Å². The van der Waals surface area contributed by atoms with Crippen LogP contribution in [0.1, 0.15) is 13.3 Å². The first-order chi connectivity index (χ1) is 8.20. The summed E-state index contributed by atoms with van der Waals surface area (Å²) in [4.78, 5) is 10.7. The van der Waals surface area contributed by atoms with Crippen molar-refractivity contribution in [2.75, 3.05) is 13.2 Å². The van der Waals surface area contributed by atoms with E-state index in [-0.39, 0.29) is 6.42 Å². The predicted molar refractivity (Wildman–Crippen MR) is 46.7 cm³/mol. The Morgan fingerprint density at radius 2 is 2.06 bits per heavy atom. The van der Waals surface area contributed by atoms with Gasteiger partial charge in [0.15, 0.2) is 12.4 Å². The van der Waals surface area contributed by atoms with Crippen LogP contribution in [-0.2, 0) is 14.2 Å². The molecule has 1 aliphatic heterocycles. The number of hydrogen-bond acceptors (Lipinski definition) is 4. The number of carbonyl (C=O) groups excluding carboxylic acids is 1. The van der Waals surface area contributed by atoms with Gasteiger partial charge in [-0.15, -0.1) is 0 Å². The second-order valence-corrected chi connectivity index (χ2v) is 3.41. The van der Waals surface area contributed by atoms with Crippen LogP contribution in [0.2, 0.25) is 0 Å². The molecule has 1 saturated heterocycles. The Hall–Kier alpha value is -1.38. The van der Waals surface area contributed by atoms with Crippen molar-refractivity contribution in [2.24, 2.45) is 0 Å². The summed E-state index contributed by atoms with van der Waals surface area (Å²) in [6.07, 6.45) is -6.49. The molecule has 0 spiro atoms. The molecule has 1 atom stereocenters.